The van der Waals surface area contributed by atoms with Crippen LogP contribution in [0.4, 0.5) is 34.1 Å². The van der Waals surface area contributed by atoms with E-state index in [1.807, 2.05) is 72.8 Å². The van der Waals surface area contributed by atoms with Gasteiger partial charge in [0.05, 0.1) is 0 Å². The Hall–Kier alpha value is -8.55. The summed E-state index contributed by atoms with van der Waals surface area (Å²) in [4.78, 5) is 36.5. The van der Waals surface area contributed by atoms with E-state index < -0.39 is 26.5 Å². The van der Waals surface area contributed by atoms with Crippen LogP contribution in [0.5, 0.6) is 0 Å². The Balaban J connectivity index is 1.14. The van der Waals surface area contributed by atoms with E-state index in [4.69, 9.17) is 0 Å². The van der Waals surface area contributed by atoms with Crippen molar-refractivity contribution in [2.45, 2.75) is 0 Å². The molecule has 2 aliphatic rings. The van der Waals surface area contributed by atoms with E-state index in [0.29, 0.717) is 33.6 Å². The van der Waals surface area contributed by atoms with Gasteiger partial charge in [0.2, 0.25) is 0 Å². The zero-order valence-corrected chi connectivity index (χ0v) is 44.6. The molecule has 11 aromatic carbocycles. The van der Waals surface area contributed by atoms with Crippen molar-refractivity contribution >= 4 is 107 Å². The molecule has 11 aromatic rings. The van der Waals surface area contributed by atoms with E-state index in [-0.39, 0.29) is 11.6 Å². The molecule has 0 radical (unpaired) electrons. The van der Waals surface area contributed by atoms with Crippen LogP contribution in [0, 0.1) is 0 Å². The fourth-order valence-electron chi connectivity index (χ4n) is 12.1. The Morgan fingerprint density at radius 1 is 0.243 bits per heavy atom. The molecule has 4 nitrogen and oxygen atoms in total. The molecule has 0 bridgehead atoms. The van der Waals surface area contributed by atoms with Crippen LogP contribution in [0.2, 0.25) is 0 Å². The van der Waals surface area contributed by atoms with Gasteiger partial charge in [-0.15, -0.1) is 0 Å². The summed E-state index contributed by atoms with van der Waals surface area (Å²) in [5.74, 6) is -0.279. The van der Waals surface area contributed by atoms with Crippen LogP contribution >= 0.6 is 0 Å². The number of fused-ring (bicyclic) bond motifs is 4. The first-order chi connectivity index (χ1) is 36.6. The Morgan fingerprint density at radius 2 is 0.459 bits per heavy atom. The summed E-state index contributed by atoms with van der Waals surface area (Å²) in [6.45, 7) is 0. The minimum absolute atomic E-state index is 0.140. The first-order valence-corrected chi connectivity index (χ1v) is 33.6. The molecule has 6 heteroatoms. The zero-order valence-electron chi connectivity index (χ0n) is 40.4. The van der Waals surface area contributed by atoms with Gasteiger partial charge in [0, 0.05) is 0 Å². The number of ketones is 2. The van der Waals surface area contributed by atoms with Crippen molar-refractivity contribution in [2.75, 3.05) is 9.80 Å². The van der Waals surface area contributed by atoms with E-state index in [0.717, 1.165) is 22.7 Å². The Bertz CT molecular complexity index is 3460. The van der Waals surface area contributed by atoms with Crippen molar-refractivity contribution in [1.82, 2.24) is 0 Å². The van der Waals surface area contributed by atoms with Gasteiger partial charge in [-0.1, -0.05) is 0 Å². The molecule has 2 aliphatic heterocycles. The fourth-order valence-corrected chi connectivity index (χ4v) is 33.6. The van der Waals surface area contributed by atoms with Crippen LogP contribution in [-0.2, 0) is 0 Å². The van der Waals surface area contributed by atoms with Gasteiger partial charge in [-0.05, 0) is 0 Å². The van der Waals surface area contributed by atoms with E-state index in [9.17, 15) is 0 Å². The average Bonchev–Trinajstić information content (AvgIpc) is 3.51. The molecule has 0 unspecified atom stereocenters. The first kappa shape index (κ1) is 45.3. The number of anilines is 6. The van der Waals surface area contributed by atoms with Gasteiger partial charge in [0.1, 0.15) is 0 Å². The van der Waals surface area contributed by atoms with Gasteiger partial charge >= 0.3 is 440 Å². The van der Waals surface area contributed by atoms with Gasteiger partial charge < -0.3 is 0 Å². The standard InChI is InChI=1S/C68H48Ge2N2O2/c73-67(49-27-7-1-8-28-49)55-47-66(72-63-45-25-21-41-59(63)70(53-35-15-5-16-36-53,54-37-17-6-18-38-54)60-42-22-26-46-64(60)72)56(68(74)50-29-9-2-10-30-50)48-65(55)71-61-43-23-19-39-57(61)69(51-31-11-3-12-32-51,52-33-13-4-14-34-52)58-40-20-24-44-62(58)71/h1-48H. The Kier molecular flexibility index (Phi) is 11.5. The molecule has 350 valence electrons. The molecular formula is C68H48Ge2N2O2. The number of hydrogen-bond donors (Lipinski definition) is 0. The third-order valence-corrected chi connectivity index (χ3v) is 35.6. The van der Waals surface area contributed by atoms with Gasteiger partial charge in [-0.2, -0.15) is 0 Å². The molecule has 2 heterocycles. The van der Waals surface area contributed by atoms with E-state index >= 15 is 9.59 Å². The molecule has 0 aromatic heterocycles. The van der Waals surface area contributed by atoms with Crippen molar-refractivity contribution in [3.63, 3.8) is 0 Å². The minimum atomic E-state index is -3.83. The molecular weight excluding hydrogens is 1020 g/mol. The molecule has 74 heavy (non-hydrogen) atoms. The van der Waals surface area contributed by atoms with Gasteiger partial charge in [0.25, 0.3) is 0 Å². The summed E-state index contributed by atoms with van der Waals surface area (Å²) in [7, 11) is 0. The Labute approximate surface area is 437 Å². The first-order valence-electron chi connectivity index (χ1n) is 25.2. The Morgan fingerprint density at radius 3 is 0.716 bits per heavy atom. The maximum atomic E-state index is 15.9. The summed E-state index contributed by atoms with van der Waals surface area (Å²) in [6.07, 6.45) is 0. The summed E-state index contributed by atoms with van der Waals surface area (Å²) < 4.78 is 10.2. The number of para-hydroxylation sites is 4. The van der Waals surface area contributed by atoms with Crippen molar-refractivity contribution in [2.24, 2.45) is 0 Å². The van der Waals surface area contributed by atoms with Crippen molar-refractivity contribution in [1.29, 1.82) is 0 Å². The second-order valence-electron chi connectivity index (χ2n) is 19.0. The van der Waals surface area contributed by atoms with Crippen molar-refractivity contribution in [3.8, 4) is 0 Å². The molecule has 0 N–H and O–H groups in total. The maximum absolute atomic E-state index is 15.9. The quantitative estimate of drug-likeness (QED) is 0.101. The normalized spacial score (nSPS) is 13.7. The zero-order chi connectivity index (χ0) is 49.6. The van der Waals surface area contributed by atoms with E-state index in [2.05, 4.69) is 228 Å². The number of carbonyl (C=O) groups excluding carboxylic acids is 2. The fraction of sp³-hybridized carbons (Fsp3) is 0. The van der Waals surface area contributed by atoms with Crippen LogP contribution < -0.4 is 45.0 Å². The molecule has 0 atom stereocenters. The number of nitrogens with zero attached hydrogens (tertiary/aromatic N) is 2. The van der Waals surface area contributed by atoms with Crippen LogP contribution in [0.1, 0.15) is 31.8 Å². The summed E-state index contributed by atoms with van der Waals surface area (Å²) >= 11 is -7.66. The molecule has 13 rings (SSSR count). The third-order valence-electron chi connectivity index (χ3n) is 15.2. The van der Waals surface area contributed by atoms with Gasteiger partial charge in [-0.3, -0.25) is 0 Å². The number of rotatable bonds is 10. The van der Waals surface area contributed by atoms with E-state index in [1.165, 1.54) is 35.2 Å². The monoisotopic (exact) mass is 1070 g/mol. The molecule has 0 amide bonds. The van der Waals surface area contributed by atoms with Crippen molar-refractivity contribution in [3.05, 3.63) is 313 Å². The van der Waals surface area contributed by atoms with Crippen LogP contribution in [0.15, 0.2) is 291 Å². The van der Waals surface area contributed by atoms with E-state index in [1.54, 1.807) is 0 Å². The van der Waals surface area contributed by atoms with Crippen LogP contribution in [0.3, 0.4) is 0 Å². The number of hydrogen-bond acceptors (Lipinski definition) is 4. The molecule has 0 spiro atoms. The summed E-state index contributed by atoms with van der Waals surface area (Å²) in [5.41, 5.74) is 7.32. The molecule has 0 saturated heterocycles. The van der Waals surface area contributed by atoms with Gasteiger partial charge in [-0.25, -0.2) is 0 Å². The third kappa shape index (κ3) is 7.04. The predicted octanol–water partition coefficient (Wildman–Crippen LogP) is 10.5. The second-order valence-corrected chi connectivity index (χ2v) is 34.6. The molecule has 0 saturated carbocycles. The number of carbonyl (C=O) groups is 2. The van der Waals surface area contributed by atoms with Gasteiger partial charge in [0.15, 0.2) is 0 Å². The number of benzene rings is 11. The SMILES string of the molecule is O=C(c1ccccc1)c1cc(N2c3cccc[c]3[Ge]([c]3ccccc3)([c]3ccccc3)[c]3ccccc32)c(C(=O)c2ccccc2)cc1N1c2cccc[c]2[Ge]([c]2ccccc2)([c]2ccccc2)[c]2ccccc21. The summed E-state index contributed by atoms with van der Waals surface area (Å²) in [5, 5.41) is 0. The average molecular weight is 1070 g/mol. The molecule has 0 aliphatic carbocycles. The van der Waals surface area contributed by atoms with Crippen LogP contribution in [0.25, 0.3) is 0 Å². The predicted molar refractivity (Wildman–Crippen MR) is 310 cm³/mol. The van der Waals surface area contributed by atoms with Crippen molar-refractivity contribution < 1.29 is 9.59 Å². The van der Waals surface area contributed by atoms with Crippen LogP contribution in [-0.4, -0.2) is 38.1 Å². The second kappa shape index (κ2) is 18.8. The topological polar surface area (TPSA) is 40.6 Å². The summed E-state index contributed by atoms with van der Waals surface area (Å²) in [6, 6.07) is 102. The molecule has 0 fully saturated rings.